The fraction of sp³-hybridized carbons (Fsp3) is 0.300. The van der Waals surface area contributed by atoms with Crippen molar-refractivity contribution < 1.29 is 13.6 Å². The van der Waals surface area contributed by atoms with Gasteiger partial charge in [0.2, 0.25) is 5.91 Å². The highest BCUT2D eigenvalue weighted by Gasteiger charge is 2.17. The Morgan fingerprint density at radius 1 is 1.19 bits per heavy atom. The molecule has 1 N–H and O–H groups in total. The van der Waals surface area contributed by atoms with Gasteiger partial charge in [0, 0.05) is 17.5 Å². The van der Waals surface area contributed by atoms with Crippen LogP contribution in [-0.4, -0.2) is 29.2 Å². The monoisotopic (exact) mass is 389 g/mol. The Balaban J connectivity index is 2.04. The van der Waals surface area contributed by atoms with Crippen LogP contribution in [0.1, 0.15) is 25.0 Å². The lowest BCUT2D eigenvalue weighted by atomic mass is 10.1. The van der Waals surface area contributed by atoms with Gasteiger partial charge >= 0.3 is 0 Å². The number of nitrogens with one attached hydrogen (secondary N) is 1. The van der Waals surface area contributed by atoms with Crippen molar-refractivity contribution in [3.63, 3.8) is 0 Å². The highest BCUT2D eigenvalue weighted by atomic mass is 32.2. The molecule has 0 radical (unpaired) electrons. The smallest absolute Gasteiger partial charge is 0.288 e. The number of rotatable bonds is 8. The summed E-state index contributed by atoms with van der Waals surface area (Å²) in [6.45, 7) is 4.64. The Kier molecular flexibility index (Phi) is 7.77. The summed E-state index contributed by atoms with van der Waals surface area (Å²) in [6.07, 6.45) is 0. The van der Waals surface area contributed by atoms with Crippen molar-refractivity contribution in [1.82, 2.24) is 4.90 Å². The fourth-order valence-electron chi connectivity index (χ4n) is 2.48. The minimum absolute atomic E-state index is 0.108. The van der Waals surface area contributed by atoms with E-state index in [-0.39, 0.29) is 18.5 Å². The SMILES string of the molecule is CC(C)N(CC(=O)Nc1ccccc1SC(F)F)Cc1ccc(C#N)cc1. The molecule has 27 heavy (non-hydrogen) atoms. The van der Waals surface area contributed by atoms with Gasteiger partial charge in [-0.05, 0) is 43.7 Å². The minimum atomic E-state index is -2.55. The Bertz CT molecular complexity index is 804. The van der Waals surface area contributed by atoms with Crippen molar-refractivity contribution in [2.24, 2.45) is 0 Å². The lowest BCUT2D eigenvalue weighted by Gasteiger charge is -2.26. The second-order valence-electron chi connectivity index (χ2n) is 6.23. The third-order valence-electron chi connectivity index (χ3n) is 3.92. The summed E-state index contributed by atoms with van der Waals surface area (Å²) in [7, 11) is 0. The summed E-state index contributed by atoms with van der Waals surface area (Å²) < 4.78 is 25.3. The molecule has 0 aliphatic carbocycles. The zero-order valence-corrected chi connectivity index (χ0v) is 16.0. The maximum atomic E-state index is 12.7. The first-order valence-electron chi connectivity index (χ1n) is 8.46. The number of para-hydroxylation sites is 1. The van der Waals surface area contributed by atoms with Crippen LogP contribution in [-0.2, 0) is 11.3 Å². The molecule has 2 rings (SSSR count). The quantitative estimate of drug-likeness (QED) is 0.664. The number of benzene rings is 2. The van der Waals surface area contributed by atoms with Crippen LogP contribution in [0.3, 0.4) is 0 Å². The fourth-order valence-corrected chi connectivity index (χ4v) is 3.08. The van der Waals surface area contributed by atoms with Gasteiger partial charge in [0.05, 0.1) is 23.9 Å². The predicted octanol–water partition coefficient (Wildman–Crippen LogP) is 4.72. The van der Waals surface area contributed by atoms with Gasteiger partial charge in [0.15, 0.2) is 0 Å². The number of carbonyl (C=O) groups excluding carboxylic acids is 1. The van der Waals surface area contributed by atoms with E-state index in [0.717, 1.165) is 5.56 Å². The first-order chi connectivity index (χ1) is 12.9. The number of thioether (sulfide) groups is 1. The van der Waals surface area contributed by atoms with E-state index in [0.29, 0.717) is 34.5 Å². The van der Waals surface area contributed by atoms with Gasteiger partial charge < -0.3 is 5.32 Å². The molecule has 0 unspecified atom stereocenters. The third kappa shape index (κ3) is 6.66. The van der Waals surface area contributed by atoms with E-state index in [2.05, 4.69) is 11.4 Å². The van der Waals surface area contributed by atoms with Gasteiger partial charge in [0.25, 0.3) is 5.76 Å². The highest BCUT2D eigenvalue weighted by Crippen LogP contribution is 2.31. The molecule has 2 aromatic carbocycles. The van der Waals surface area contributed by atoms with Gasteiger partial charge in [-0.1, -0.05) is 36.0 Å². The molecule has 0 atom stereocenters. The van der Waals surface area contributed by atoms with Crippen molar-refractivity contribution in [2.75, 3.05) is 11.9 Å². The zero-order valence-electron chi connectivity index (χ0n) is 15.2. The normalized spacial score (nSPS) is 11.0. The predicted molar refractivity (Wildman–Crippen MR) is 104 cm³/mol. The van der Waals surface area contributed by atoms with Gasteiger partial charge in [-0.3, -0.25) is 9.69 Å². The maximum absolute atomic E-state index is 12.7. The van der Waals surface area contributed by atoms with E-state index in [1.807, 2.05) is 30.9 Å². The number of alkyl halides is 2. The number of nitrogens with zero attached hydrogens (tertiary/aromatic N) is 2. The van der Waals surface area contributed by atoms with Crippen LogP contribution in [0.2, 0.25) is 0 Å². The van der Waals surface area contributed by atoms with Gasteiger partial charge in [-0.2, -0.15) is 14.0 Å². The standard InChI is InChI=1S/C20H21F2N3OS/c1-14(2)25(12-16-9-7-15(11-23)8-10-16)13-19(26)24-17-5-3-4-6-18(17)27-20(21)22/h3-10,14,20H,12-13H2,1-2H3,(H,24,26). The molecule has 0 heterocycles. The number of anilines is 1. The largest absolute Gasteiger partial charge is 0.324 e. The molecule has 2 aromatic rings. The number of nitriles is 1. The van der Waals surface area contributed by atoms with Crippen molar-refractivity contribution in [2.45, 2.75) is 37.1 Å². The maximum Gasteiger partial charge on any atom is 0.288 e. The summed E-state index contributed by atoms with van der Waals surface area (Å²) in [5, 5.41) is 11.6. The van der Waals surface area contributed by atoms with Crippen molar-refractivity contribution in [3.8, 4) is 6.07 Å². The molecule has 7 heteroatoms. The van der Waals surface area contributed by atoms with E-state index < -0.39 is 5.76 Å². The highest BCUT2D eigenvalue weighted by molar-refractivity contribution is 7.99. The number of hydrogen-bond acceptors (Lipinski definition) is 4. The van der Waals surface area contributed by atoms with Gasteiger partial charge in [-0.25, -0.2) is 0 Å². The van der Waals surface area contributed by atoms with Crippen LogP contribution in [0, 0.1) is 11.3 Å². The molecule has 0 aliphatic rings. The van der Waals surface area contributed by atoms with Crippen LogP contribution in [0.5, 0.6) is 0 Å². The van der Waals surface area contributed by atoms with Crippen LogP contribution < -0.4 is 5.32 Å². The summed E-state index contributed by atoms with van der Waals surface area (Å²) in [5.74, 6) is -2.81. The first-order valence-corrected chi connectivity index (χ1v) is 9.33. The second kappa shape index (κ2) is 10.0. The molecule has 0 fully saturated rings. The van der Waals surface area contributed by atoms with Gasteiger partial charge in [0.1, 0.15) is 0 Å². The molecule has 4 nitrogen and oxygen atoms in total. The summed E-state index contributed by atoms with van der Waals surface area (Å²) in [6, 6.07) is 15.9. The van der Waals surface area contributed by atoms with E-state index in [9.17, 15) is 13.6 Å². The Hall–Kier alpha value is -2.43. The molecular formula is C20H21F2N3OS. The van der Waals surface area contributed by atoms with Crippen LogP contribution in [0.25, 0.3) is 0 Å². The zero-order chi connectivity index (χ0) is 19.8. The molecule has 0 saturated heterocycles. The topological polar surface area (TPSA) is 56.1 Å². The molecule has 0 bridgehead atoms. The molecule has 0 spiro atoms. The molecule has 1 amide bonds. The summed E-state index contributed by atoms with van der Waals surface area (Å²) >= 11 is 0.410. The first kappa shape index (κ1) is 20.9. The molecule has 0 aliphatic heterocycles. The van der Waals surface area contributed by atoms with E-state index in [1.165, 1.54) is 0 Å². The van der Waals surface area contributed by atoms with Crippen molar-refractivity contribution in [3.05, 3.63) is 59.7 Å². The molecule has 0 aromatic heterocycles. The average Bonchev–Trinajstić information content (AvgIpc) is 2.63. The lowest BCUT2D eigenvalue weighted by Crippen LogP contribution is -2.37. The Labute approximate surface area is 162 Å². The molecular weight excluding hydrogens is 368 g/mol. The van der Waals surface area contributed by atoms with E-state index in [1.54, 1.807) is 36.4 Å². The molecule has 142 valence electrons. The number of halogens is 2. The lowest BCUT2D eigenvalue weighted by molar-refractivity contribution is -0.117. The number of hydrogen-bond donors (Lipinski definition) is 1. The second-order valence-corrected chi connectivity index (χ2v) is 7.26. The summed E-state index contributed by atoms with van der Waals surface area (Å²) in [4.78, 5) is 14.8. The van der Waals surface area contributed by atoms with Crippen molar-refractivity contribution in [1.29, 1.82) is 5.26 Å². The Morgan fingerprint density at radius 3 is 2.44 bits per heavy atom. The summed E-state index contributed by atoms with van der Waals surface area (Å²) in [5.41, 5.74) is 1.96. The van der Waals surface area contributed by atoms with Gasteiger partial charge in [-0.15, -0.1) is 0 Å². The molecule has 0 saturated carbocycles. The van der Waals surface area contributed by atoms with Crippen LogP contribution in [0.15, 0.2) is 53.4 Å². The Morgan fingerprint density at radius 2 is 1.85 bits per heavy atom. The number of carbonyl (C=O) groups is 1. The van der Waals surface area contributed by atoms with E-state index >= 15 is 0 Å². The van der Waals surface area contributed by atoms with Crippen LogP contribution >= 0.6 is 11.8 Å². The number of amides is 1. The van der Waals surface area contributed by atoms with E-state index in [4.69, 9.17) is 5.26 Å². The third-order valence-corrected chi connectivity index (χ3v) is 4.71. The van der Waals surface area contributed by atoms with Crippen LogP contribution in [0.4, 0.5) is 14.5 Å². The average molecular weight is 389 g/mol. The van der Waals surface area contributed by atoms with Crippen molar-refractivity contribution >= 4 is 23.4 Å². The minimum Gasteiger partial charge on any atom is -0.324 e.